The van der Waals surface area contributed by atoms with Crippen LogP contribution in [0.1, 0.15) is 31.1 Å². The second kappa shape index (κ2) is 9.20. The van der Waals surface area contributed by atoms with Crippen molar-refractivity contribution >= 4 is 23.9 Å². The van der Waals surface area contributed by atoms with E-state index in [4.69, 9.17) is 14.2 Å². The van der Waals surface area contributed by atoms with Crippen molar-refractivity contribution in [2.24, 2.45) is 0 Å². The third-order valence-electron chi connectivity index (χ3n) is 5.49. The van der Waals surface area contributed by atoms with Gasteiger partial charge in [0.15, 0.2) is 0 Å². The van der Waals surface area contributed by atoms with Crippen LogP contribution in [0.3, 0.4) is 0 Å². The summed E-state index contributed by atoms with van der Waals surface area (Å²) < 4.78 is 16.0. The van der Waals surface area contributed by atoms with Crippen LogP contribution in [-0.4, -0.2) is 77.8 Å². The lowest BCUT2D eigenvalue weighted by Crippen LogP contribution is -2.54. The molecule has 0 radical (unpaired) electrons. The van der Waals surface area contributed by atoms with E-state index in [0.717, 1.165) is 0 Å². The second-order valence-electron chi connectivity index (χ2n) is 9.14. The molecule has 180 valence electrons. The Morgan fingerprint density at radius 2 is 1.85 bits per heavy atom. The normalized spacial score (nSPS) is 17.9. The van der Waals surface area contributed by atoms with Crippen molar-refractivity contribution < 1.29 is 28.6 Å². The largest absolute Gasteiger partial charge is 0.465 e. The van der Waals surface area contributed by atoms with Crippen molar-refractivity contribution in [2.75, 3.05) is 38.2 Å². The van der Waals surface area contributed by atoms with Crippen LogP contribution in [0.25, 0.3) is 0 Å². The van der Waals surface area contributed by atoms with E-state index in [1.165, 1.54) is 13.3 Å². The lowest BCUT2D eigenvalue weighted by Gasteiger charge is -2.36. The Hall–Kier alpha value is -3.82. The maximum Gasteiger partial charge on any atom is 0.410 e. The number of carbonyl (C=O) groups is 3. The molecule has 2 aliphatic rings. The number of ether oxygens (including phenoxy) is 3. The van der Waals surface area contributed by atoms with Gasteiger partial charge in [0.05, 0.1) is 31.5 Å². The van der Waals surface area contributed by atoms with E-state index in [0.29, 0.717) is 49.1 Å². The molecule has 4 rings (SSSR count). The van der Waals surface area contributed by atoms with E-state index in [1.54, 1.807) is 51.1 Å². The molecule has 0 aliphatic carbocycles. The van der Waals surface area contributed by atoms with E-state index >= 15 is 0 Å². The van der Waals surface area contributed by atoms with Gasteiger partial charge in [-0.15, -0.1) is 0 Å². The fourth-order valence-electron chi connectivity index (χ4n) is 3.92. The first-order valence-electron chi connectivity index (χ1n) is 11.0. The molecule has 0 unspecified atom stereocenters. The molecule has 3 amide bonds. The van der Waals surface area contributed by atoms with Gasteiger partial charge in [-0.1, -0.05) is 6.07 Å². The van der Waals surface area contributed by atoms with Gasteiger partial charge in [0.2, 0.25) is 0 Å². The van der Waals surface area contributed by atoms with Crippen LogP contribution in [0.15, 0.2) is 42.6 Å². The first-order chi connectivity index (χ1) is 16.1. The van der Waals surface area contributed by atoms with Crippen LogP contribution >= 0.6 is 0 Å². The van der Waals surface area contributed by atoms with Crippen molar-refractivity contribution in [1.29, 1.82) is 0 Å². The number of pyridine rings is 1. The number of aromatic nitrogens is 1. The molecular weight excluding hydrogens is 440 g/mol. The molecule has 1 aromatic heterocycles. The van der Waals surface area contributed by atoms with Crippen LogP contribution in [0.2, 0.25) is 0 Å². The third kappa shape index (κ3) is 5.05. The summed E-state index contributed by atoms with van der Waals surface area (Å²) in [6.07, 6.45) is 1.16. The minimum Gasteiger partial charge on any atom is -0.465 e. The number of rotatable bonds is 4. The van der Waals surface area contributed by atoms with Crippen molar-refractivity contribution in [1.82, 2.24) is 14.8 Å². The molecule has 10 heteroatoms. The molecule has 1 aromatic carbocycles. The Bertz CT molecular complexity index is 1080. The summed E-state index contributed by atoms with van der Waals surface area (Å²) in [5.41, 5.74) is -0.190. The van der Waals surface area contributed by atoms with Crippen molar-refractivity contribution in [3.8, 4) is 11.5 Å². The van der Waals surface area contributed by atoms with Crippen LogP contribution < -0.4 is 9.64 Å². The Morgan fingerprint density at radius 3 is 2.53 bits per heavy atom. The van der Waals surface area contributed by atoms with E-state index in [1.807, 2.05) is 20.8 Å². The summed E-state index contributed by atoms with van der Waals surface area (Å²) in [6.45, 7) is 7.19. The van der Waals surface area contributed by atoms with E-state index in [2.05, 4.69) is 4.98 Å². The van der Waals surface area contributed by atoms with Crippen molar-refractivity contribution in [2.45, 2.75) is 32.4 Å². The standard InChI is InChI=1S/C24H28N4O6/c1-24(2,3)34-23(31)26-10-11-27-17(14-26)15-28(22(27)30)20-9-8-19(13-25-20)33-18-7-5-6-16(12-18)21(29)32-4/h5-9,12-13,17H,10-11,14-15H2,1-4H3/t17-/m0/s1. The Kier molecular flexibility index (Phi) is 6.32. The van der Waals surface area contributed by atoms with Crippen LogP contribution in [0.4, 0.5) is 15.4 Å². The van der Waals surface area contributed by atoms with Gasteiger partial charge in [-0.3, -0.25) is 4.90 Å². The molecular formula is C24H28N4O6. The minimum atomic E-state index is -0.569. The van der Waals surface area contributed by atoms with Crippen LogP contribution in [-0.2, 0) is 9.47 Å². The Morgan fingerprint density at radius 1 is 1.06 bits per heavy atom. The average Bonchev–Trinajstić information content (AvgIpc) is 3.14. The van der Waals surface area contributed by atoms with Gasteiger partial charge in [-0.2, -0.15) is 0 Å². The van der Waals surface area contributed by atoms with Gasteiger partial charge in [0, 0.05) is 19.6 Å². The highest BCUT2D eigenvalue weighted by Crippen LogP contribution is 2.28. The first-order valence-corrected chi connectivity index (χ1v) is 11.0. The number of benzene rings is 1. The van der Waals surface area contributed by atoms with Gasteiger partial charge < -0.3 is 24.0 Å². The predicted molar refractivity (Wildman–Crippen MR) is 123 cm³/mol. The number of carbonyl (C=O) groups excluding carboxylic acids is 3. The molecule has 0 saturated carbocycles. The van der Waals surface area contributed by atoms with Gasteiger partial charge in [-0.25, -0.2) is 19.4 Å². The lowest BCUT2D eigenvalue weighted by atomic mass is 10.2. The molecule has 2 fully saturated rings. The molecule has 0 bridgehead atoms. The molecule has 2 aromatic rings. The summed E-state index contributed by atoms with van der Waals surface area (Å²) >= 11 is 0. The molecule has 0 N–H and O–H groups in total. The highest BCUT2D eigenvalue weighted by molar-refractivity contribution is 5.94. The zero-order chi connectivity index (χ0) is 24.5. The number of nitrogens with zero attached hydrogens (tertiary/aromatic N) is 4. The fraction of sp³-hybridized carbons (Fsp3) is 0.417. The Balaban J connectivity index is 1.40. The number of piperazine rings is 1. The first kappa shape index (κ1) is 23.3. The zero-order valence-corrected chi connectivity index (χ0v) is 19.7. The highest BCUT2D eigenvalue weighted by atomic mass is 16.6. The quantitative estimate of drug-likeness (QED) is 0.633. The number of hydrogen-bond acceptors (Lipinski definition) is 7. The number of urea groups is 1. The molecule has 2 aliphatic heterocycles. The molecule has 34 heavy (non-hydrogen) atoms. The van der Waals surface area contributed by atoms with E-state index < -0.39 is 11.6 Å². The zero-order valence-electron chi connectivity index (χ0n) is 19.7. The number of anilines is 1. The van der Waals surface area contributed by atoms with Crippen LogP contribution in [0.5, 0.6) is 11.5 Å². The maximum atomic E-state index is 13.0. The maximum absolute atomic E-state index is 13.0. The van der Waals surface area contributed by atoms with Gasteiger partial charge in [0.1, 0.15) is 22.9 Å². The number of esters is 1. The predicted octanol–water partition coefficient (Wildman–Crippen LogP) is 3.52. The van der Waals surface area contributed by atoms with E-state index in [-0.39, 0.29) is 18.2 Å². The average molecular weight is 469 g/mol. The summed E-state index contributed by atoms with van der Waals surface area (Å²) in [5.74, 6) is 0.979. The summed E-state index contributed by atoms with van der Waals surface area (Å²) in [5, 5.41) is 0. The van der Waals surface area contributed by atoms with Gasteiger partial charge >= 0.3 is 18.1 Å². The monoisotopic (exact) mass is 468 g/mol. The number of fused-ring (bicyclic) bond motifs is 1. The summed E-state index contributed by atoms with van der Waals surface area (Å²) in [4.78, 5) is 46.5. The molecule has 3 heterocycles. The number of amides is 3. The summed E-state index contributed by atoms with van der Waals surface area (Å²) in [7, 11) is 1.32. The fourth-order valence-corrected chi connectivity index (χ4v) is 3.92. The second-order valence-corrected chi connectivity index (χ2v) is 9.14. The van der Waals surface area contributed by atoms with Gasteiger partial charge in [0.25, 0.3) is 0 Å². The van der Waals surface area contributed by atoms with Crippen molar-refractivity contribution in [3.63, 3.8) is 0 Å². The smallest absolute Gasteiger partial charge is 0.410 e. The topological polar surface area (TPSA) is 102 Å². The van der Waals surface area contributed by atoms with Crippen molar-refractivity contribution in [3.05, 3.63) is 48.2 Å². The molecule has 0 spiro atoms. The highest BCUT2D eigenvalue weighted by Gasteiger charge is 2.43. The minimum absolute atomic E-state index is 0.132. The molecule has 2 saturated heterocycles. The Labute approximate surface area is 198 Å². The lowest BCUT2D eigenvalue weighted by molar-refractivity contribution is 0.0128. The number of hydrogen-bond donors (Lipinski definition) is 0. The number of methoxy groups -OCH3 is 1. The SMILES string of the molecule is COC(=O)c1cccc(Oc2ccc(N3C[C@@H]4CN(C(=O)OC(C)(C)C)CCN4C3=O)nc2)c1. The molecule has 1 atom stereocenters. The van der Waals surface area contributed by atoms with Crippen LogP contribution in [0, 0.1) is 0 Å². The van der Waals surface area contributed by atoms with Gasteiger partial charge in [-0.05, 0) is 51.1 Å². The summed E-state index contributed by atoms with van der Waals surface area (Å²) in [6, 6.07) is 9.79. The third-order valence-corrected chi connectivity index (χ3v) is 5.49. The van der Waals surface area contributed by atoms with E-state index in [9.17, 15) is 14.4 Å². The molecule has 10 nitrogen and oxygen atoms in total.